The number of hydrogen-bond donors (Lipinski definition) is 2. The van der Waals surface area contributed by atoms with Crippen molar-refractivity contribution in [2.75, 3.05) is 6.54 Å². The van der Waals surface area contributed by atoms with Gasteiger partial charge >= 0.3 is 5.97 Å². The summed E-state index contributed by atoms with van der Waals surface area (Å²) >= 11 is 0. The van der Waals surface area contributed by atoms with Gasteiger partial charge in [-0.25, -0.2) is 0 Å². The van der Waals surface area contributed by atoms with Gasteiger partial charge in [-0.3, -0.25) is 9.59 Å². The molecule has 0 fully saturated rings. The summed E-state index contributed by atoms with van der Waals surface area (Å²) in [5.41, 5.74) is 0.949. The first-order chi connectivity index (χ1) is 9.59. The Hall–Kier alpha value is -2.63. The molecule has 1 heterocycles. The first-order valence-electron chi connectivity index (χ1n) is 6.07. The van der Waals surface area contributed by atoms with Gasteiger partial charge in [0.1, 0.15) is 11.3 Å². The second-order valence-corrected chi connectivity index (χ2v) is 4.31. The van der Waals surface area contributed by atoms with E-state index in [1.165, 1.54) is 6.20 Å². The fraction of sp³-hybridized carbons (Fsp3) is 0.214. The quantitative estimate of drug-likeness (QED) is 0.863. The zero-order valence-corrected chi connectivity index (χ0v) is 10.9. The molecule has 0 spiro atoms. The number of hydrogen-bond acceptors (Lipinski definition) is 4. The maximum absolute atomic E-state index is 11.9. The van der Waals surface area contributed by atoms with Crippen LogP contribution in [0.1, 0.15) is 27.6 Å². The predicted octanol–water partition coefficient (Wildman–Crippen LogP) is 1.58. The Morgan fingerprint density at radius 3 is 2.60 bits per heavy atom. The molecule has 1 atom stereocenters. The Labute approximate surface area is 115 Å². The minimum Gasteiger partial charge on any atom is -0.481 e. The van der Waals surface area contributed by atoms with E-state index in [0.29, 0.717) is 16.9 Å². The topological polar surface area (TPSA) is 92.4 Å². The van der Waals surface area contributed by atoms with E-state index in [2.05, 4.69) is 10.5 Å². The van der Waals surface area contributed by atoms with Crippen LogP contribution in [0.3, 0.4) is 0 Å². The number of carboxylic acids is 1. The van der Waals surface area contributed by atoms with Crippen molar-refractivity contribution >= 4 is 11.9 Å². The van der Waals surface area contributed by atoms with Crippen LogP contribution in [0.4, 0.5) is 0 Å². The van der Waals surface area contributed by atoms with Crippen LogP contribution in [-0.2, 0) is 4.79 Å². The zero-order chi connectivity index (χ0) is 14.5. The fourth-order valence-corrected chi connectivity index (χ4v) is 1.84. The predicted molar refractivity (Wildman–Crippen MR) is 70.4 cm³/mol. The fourth-order valence-electron chi connectivity index (χ4n) is 1.84. The second-order valence-electron chi connectivity index (χ2n) is 4.31. The monoisotopic (exact) mass is 274 g/mol. The third-order valence-electron chi connectivity index (χ3n) is 2.96. The van der Waals surface area contributed by atoms with Gasteiger partial charge in [-0.05, 0) is 12.5 Å². The summed E-state index contributed by atoms with van der Waals surface area (Å²) < 4.78 is 4.80. The highest BCUT2D eigenvalue weighted by atomic mass is 16.5. The van der Waals surface area contributed by atoms with Gasteiger partial charge in [-0.1, -0.05) is 35.5 Å². The van der Waals surface area contributed by atoms with Gasteiger partial charge in [0.15, 0.2) is 0 Å². The molecule has 0 saturated carbocycles. The van der Waals surface area contributed by atoms with Crippen molar-refractivity contribution in [1.82, 2.24) is 10.5 Å². The molecule has 0 aliphatic rings. The molecule has 2 aromatic rings. The Balaban J connectivity index is 2.06. The van der Waals surface area contributed by atoms with E-state index in [1.807, 2.05) is 6.07 Å². The molecule has 6 heteroatoms. The minimum absolute atomic E-state index is 0.00278. The molecule has 20 heavy (non-hydrogen) atoms. The number of carbonyl (C=O) groups is 2. The zero-order valence-electron chi connectivity index (χ0n) is 10.9. The molecular weight excluding hydrogens is 260 g/mol. The van der Waals surface area contributed by atoms with E-state index < -0.39 is 17.8 Å². The molecule has 0 aliphatic heterocycles. The molecule has 2 N–H and O–H groups in total. The molecule has 6 nitrogen and oxygen atoms in total. The summed E-state index contributed by atoms with van der Waals surface area (Å²) in [7, 11) is 0. The van der Waals surface area contributed by atoms with Crippen LogP contribution in [0.25, 0.3) is 0 Å². The number of aryl methyl sites for hydroxylation is 1. The molecule has 0 aliphatic carbocycles. The van der Waals surface area contributed by atoms with E-state index in [4.69, 9.17) is 4.52 Å². The lowest BCUT2D eigenvalue weighted by Crippen LogP contribution is -2.31. The summed E-state index contributed by atoms with van der Waals surface area (Å²) in [6.07, 6.45) is 1.31. The molecule has 0 bridgehead atoms. The standard InChI is InChI=1S/C14H14N2O4/c1-9-11(8-16-20-9)13(17)15-7-12(14(18)19)10-5-3-2-4-6-10/h2-6,8,12H,7H2,1H3,(H,15,17)(H,18,19). The lowest BCUT2D eigenvalue weighted by Gasteiger charge is -2.13. The van der Waals surface area contributed by atoms with Crippen molar-refractivity contribution in [2.24, 2.45) is 0 Å². The van der Waals surface area contributed by atoms with E-state index in [0.717, 1.165) is 0 Å². The summed E-state index contributed by atoms with van der Waals surface area (Å²) in [5.74, 6) is -1.78. The smallest absolute Gasteiger partial charge is 0.312 e. The van der Waals surface area contributed by atoms with Gasteiger partial charge in [0, 0.05) is 6.54 Å². The maximum Gasteiger partial charge on any atom is 0.312 e. The molecule has 2 rings (SSSR count). The van der Waals surface area contributed by atoms with Crippen molar-refractivity contribution in [2.45, 2.75) is 12.8 Å². The van der Waals surface area contributed by atoms with Crippen LogP contribution in [-0.4, -0.2) is 28.7 Å². The lowest BCUT2D eigenvalue weighted by atomic mass is 9.99. The summed E-state index contributed by atoms with van der Waals surface area (Å²) in [5, 5.41) is 15.3. The highest BCUT2D eigenvalue weighted by Gasteiger charge is 2.21. The Morgan fingerprint density at radius 2 is 2.05 bits per heavy atom. The van der Waals surface area contributed by atoms with Crippen LogP contribution in [0.15, 0.2) is 41.1 Å². The average Bonchev–Trinajstić information content (AvgIpc) is 2.86. The number of carbonyl (C=O) groups excluding carboxylic acids is 1. The molecule has 0 radical (unpaired) electrons. The van der Waals surface area contributed by atoms with Crippen molar-refractivity contribution < 1.29 is 19.2 Å². The van der Waals surface area contributed by atoms with Crippen LogP contribution in [0.5, 0.6) is 0 Å². The number of amides is 1. The molecule has 0 saturated heterocycles. The Morgan fingerprint density at radius 1 is 1.35 bits per heavy atom. The average molecular weight is 274 g/mol. The number of nitrogens with zero attached hydrogens (tertiary/aromatic N) is 1. The van der Waals surface area contributed by atoms with Gasteiger partial charge in [-0.2, -0.15) is 0 Å². The number of benzene rings is 1. The third kappa shape index (κ3) is 3.03. The third-order valence-corrected chi connectivity index (χ3v) is 2.96. The minimum atomic E-state index is -0.987. The first-order valence-corrected chi connectivity index (χ1v) is 6.07. The van der Waals surface area contributed by atoms with E-state index in [-0.39, 0.29) is 6.54 Å². The Kier molecular flexibility index (Phi) is 4.14. The number of rotatable bonds is 5. The number of aliphatic carboxylic acids is 1. The van der Waals surface area contributed by atoms with E-state index in [1.54, 1.807) is 31.2 Å². The van der Waals surface area contributed by atoms with Crippen molar-refractivity contribution in [1.29, 1.82) is 0 Å². The number of carboxylic acid groups (broad SMARTS) is 1. The van der Waals surface area contributed by atoms with Gasteiger partial charge in [0.05, 0.1) is 12.1 Å². The van der Waals surface area contributed by atoms with Crippen LogP contribution in [0.2, 0.25) is 0 Å². The van der Waals surface area contributed by atoms with Crippen molar-refractivity contribution in [3.05, 3.63) is 53.4 Å². The van der Waals surface area contributed by atoms with Gasteiger partial charge in [-0.15, -0.1) is 0 Å². The van der Waals surface area contributed by atoms with Crippen molar-refractivity contribution in [3.63, 3.8) is 0 Å². The number of aromatic nitrogens is 1. The highest BCUT2D eigenvalue weighted by Crippen LogP contribution is 2.15. The van der Waals surface area contributed by atoms with Crippen LogP contribution in [0, 0.1) is 6.92 Å². The van der Waals surface area contributed by atoms with Crippen molar-refractivity contribution in [3.8, 4) is 0 Å². The van der Waals surface area contributed by atoms with Crippen LogP contribution < -0.4 is 5.32 Å². The molecule has 1 amide bonds. The Bertz CT molecular complexity index is 607. The molecule has 104 valence electrons. The molecule has 1 aromatic carbocycles. The molecular formula is C14H14N2O4. The van der Waals surface area contributed by atoms with E-state index >= 15 is 0 Å². The highest BCUT2D eigenvalue weighted by molar-refractivity contribution is 5.95. The van der Waals surface area contributed by atoms with Gasteiger partial charge < -0.3 is 14.9 Å². The summed E-state index contributed by atoms with van der Waals surface area (Å²) in [4.78, 5) is 23.2. The van der Waals surface area contributed by atoms with Crippen LogP contribution >= 0.6 is 0 Å². The largest absolute Gasteiger partial charge is 0.481 e. The number of nitrogens with one attached hydrogen (secondary N) is 1. The second kappa shape index (κ2) is 6.01. The van der Waals surface area contributed by atoms with Gasteiger partial charge in [0.25, 0.3) is 5.91 Å². The molecule has 1 aromatic heterocycles. The first kappa shape index (κ1) is 13.8. The summed E-state index contributed by atoms with van der Waals surface area (Å²) in [6.45, 7) is 1.62. The maximum atomic E-state index is 11.9. The van der Waals surface area contributed by atoms with Gasteiger partial charge in [0.2, 0.25) is 0 Å². The SMILES string of the molecule is Cc1oncc1C(=O)NCC(C(=O)O)c1ccccc1. The normalized spacial score (nSPS) is 11.8. The molecule has 1 unspecified atom stereocenters. The van der Waals surface area contributed by atoms with E-state index in [9.17, 15) is 14.7 Å². The lowest BCUT2D eigenvalue weighted by molar-refractivity contribution is -0.138. The summed E-state index contributed by atoms with van der Waals surface area (Å²) in [6, 6.07) is 8.77.